The Bertz CT molecular complexity index is 3270. The number of benzene rings is 4. The van der Waals surface area contributed by atoms with Gasteiger partial charge in [-0.25, -0.2) is 18.2 Å². The number of halogens is 4. The number of aromatic nitrogens is 4. The fraction of sp³-hybridized carbons (Fsp3) is 0.353. The first-order valence-electron chi connectivity index (χ1n) is 23.9. The lowest BCUT2D eigenvalue weighted by atomic mass is 9.89. The number of nitrogens with one attached hydrogen (secondary N) is 3. The molecule has 4 aliphatic rings. The van der Waals surface area contributed by atoms with Crippen LogP contribution >= 0.6 is 23.1 Å². The van der Waals surface area contributed by atoms with Crippen molar-refractivity contribution in [2.45, 2.75) is 37.6 Å². The van der Waals surface area contributed by atoms with E-state index in [-0.39, 0.29) is 55.0 Å². The van der Waals surface area contributed by atoms with Crippen LogP contribution in [-0.2, 0) is 21.2 Å². The maximum atomic E-state index is 16.0. The van der Waals surface area contributed by atoms with Gasteiger partial charge in [0, 0.05) is 92.7 Å². The number of carbonyl (C=O) groups excluding carboxylic acids is 4. The summed E-state index contributed by atoms with van der Waals surface area (Å²) in [7, 11) is 0.673. The molecule has 6 aromatic rings. The number of methoxy groups -OCH3 is 1. The Balaban J connectivity index is 0.803. The molecule has 0 bridgehead atoms. The highest BCUT2D eigenvalue weighted by Gasteiger charge is 2.48. The van der Waals surface area contributed by atoms with Gasteiger partial charge in [0.05, 0.1) is 52.5 Å². The Kier molecular flexibility index (Phi) is 13.3. The number of alkyl halides is 2. The summed E-state index contributed by atoms with van der Waals surface area (Å²) < 4.78 is 69.6. The second kappa shape index (κ2) is 19.5. The lowest BCUT2D eigenvalue weighted by molar-refractivity contribution is -0.136. The lowest BCUT2D eigenvalue weighted by Crippen LogP contribution is -2.54. The van der Waals surface area contributed by atoms with Crippen molar-refractivity contribution in [1.29, 1.82) is 0 Å². The molecule has 22 heteroatoms. The van der Waals surface area contributed by atoms with Crippen LogP contribution in [0.4, 0.5) is 47.7 Å². The molecule has 2 unspecified atom stereocenters. The fourth-order valence-corrected chi connectivity index (χ4v) is 12.2. The van der Waals surface area contributed by atoms with Crippen molar-refractivity contribution >= 4 is 97.3 Å². The number of carbonyl (C=O) groups is 4. The van der Waals surface area contributed by atoms with Gasteiger partial charge < -0.3 is 29.7 Å². The first kappa shape index (κ1) is 49.7. The standard InChI is InChI=1S/C51H52BrF3N11O6P/c1-62-27-30(25-57-62)33-22-39(59-50-56-26-36(52)46(61-50)58-38-10-9-29-7-5-6-8-32(29)45(38)73(3,4)71)43(72-2)24-41(33)64-19-17-63(18-20-64)15-13-31-14-16-65(28-51(31,54)55)42-23-35-34(21-37(42)53)48(69)66(49(35)70)40-11-12-44(67)60-47(40)68/h5-10,21-27,31,40H,11-20,28H2,1-4H3,(H,60,67,68)(H2,56,58,59,61). The van der Waals surface area contributed by atoms with Crippen molar-refractivity contribution < 1.29 is 41.7 Å². The van der Waals surface area contributed by atoms with E-state index in [9.17, 15) is 23.7 Å². The van der Waals surface area contributed by atoms with E-state index in [2.05, 4.69) is 51.8 Å². The van der Waals surface area contributed by atoms with Crippen LogP contribution in [0.5, 0.6) is 5.75 Å². The van der Waals surface area contributed by atoms with Crippen molar-refractivity contribution in [1.82, 2.24) is 34.9 Å². The zero-order valence-corrected chi connectivity index (χ0v) is 42.9. The summed E-state index contributed by atoms with van der Waals surface area (Å²) in [6.07, 6.45) is 5.49. The average molecular weight is 1080 g/mol. The second-order valence-electron chi connectivity index (χ2n) is 19.2. The number of hydrogen-bond acceptors (Lipinski definition) is 14. The average Bonchev–Trinajstić information content (AvgIpc) is 3.89. The molecule has 0 aliphatic carbocycles. The number of nitrogens with zero attached hydrogens (tertiary/aromatic N) is 8. The van der Waals surface area contributed by atoms with Crippen molar-refractivity contribution in [3.05, 3.63) is 101 Å². The van der Waals surface area contributed by atoms with Crippen LogP contribution in [0.2, 0.25) is 0 Å². The minimum atomic E-state index is -3.19. The van der Waals surface area contributed by atoms with Gasteiger partial charge >= 0.3 is 0 Å². The number of amides is 4. The predicted molar refractivity (Wildman–Crippen MR) is 276 cm³/mol. The van der Waals surface area contributed by atoms with Crippen LogP contribution in [-0.4, -0.2) is 131 Å². The Morgan fingerprint density at radius 1 is 0.877 bits per heavy atom. The predicted octanol–water partition coefficient (Wildman–Crippen LogP) is 7.75. The van der Waals surface area contributed by atoms with Crippen LogP contribution in [0, 0.1) is 11.7 Å². The Morgan fingerprint density at radius 3 is 2.33 bits per heavy atom. The summed E-state index contributed by atoms with van der Waals surface area (Å²) in [5.74, 6) is -6.86. The normalized spacial score (nSPS) is 19.4. The van der Waals surface area contributed by atoms with Crippen molar-refractivity contribution in [3.63, 3.8) is 0 Å². The monoisotopic (exact) mass is 1080 g/mol. The molecule has 10 rings (SSSR count). The van der Waals surface area contributed by atoms with Gasteiger partial charge in [0.15, 0.2) is 0 Å². The molecule has 4 aromatic carbocycles. The highest BCUT2D eigenvalue weighted by molar-refractivity contribution is 9.10. The quantitative estimate of drug-likeness (QED) is 0.0753. The maximum Gasteiger partial charge on any atom is 0.268 e. The minimum Gasteiger partial charge on any atom is -0.494 e. The van der Waals surface area contributed by atoms with E-state index in [0.29, 0.717) is 60.1 Å². The number of rotatable bonds is 13. The molecule has 0 radical (unpaired) electrons. The van der Waals surface area contributed by atoms with Crippen molar-refractivity contribution in [3.8, 4) is 16.9 Å². The van der Waals surface area contributed by atoms with E-state index in [0.717, 1.165) is 49.9 Å². The smallest absolute Gasteiger partial charge is 0.268 e. The molecule has 3 saturated heterocycles. The van der Waals surface area contributed by atoms with Crippen LogP contribution in [0.3, 0.4) is 0 Å². The minimum absolute atomic E-state index is 0.0673. The summed E-state index contributed by atoms with van der Waals surface area (Å²) >= 11 is 3.59. The zero-order chi connectivity index (χ0) is 51.5. The van der Waals surface area contributed by atoms with Gasteiger partial charge in [0.2, 0.25) is 17.8 Å². The molecule has 3 N–H and O–H groups in total. The Hall–Kier alpha value is -6.83. The van der Waals surface area contributed by atoms with E-state index >= 15 is 13.2 Å². The van der Waals surface area contributed by atoms with Crippen molar-refractivity contribution in [2.75, 3.05) is 86.7 Å². The summed E-state index contributed by atoms with van der Waals surface area (Å²) in [5.41, 5.74) is 3.26. The first-order chi connectivity index (χ1) is 34.9. The number of imide groups is 2. The topological polar surface area (TPSA) is 187 Å². The molecule has 0 spiro atoms. The van der Waals surface area contributed by atoms with Crippen LogP contribution < -0.4 is 35.8 Å². The van der Waals surface area contributed by atoms with Crippen molar-refractivity contribution in [2.24, 2.45) is 13.0 Å². The van der Waals surface area contributed by atoms with Gasteiger partial charge in [-0.05, 0) is 90.1 Å². The third-order valence-corrected chi connectivity index (χ3v) is 16.3. The molecule has 4 amide bonds. The summed E-state index contributed by atoms with van der Waals surface area (Å²) in [6.45, 7) is 5.67. The van der Waals surface area contributed by atoms with Gasteiger partial charge in [-0.15, -0.1) is 0 Å². The molecule has 2 aromatic heterocycles. The summed E-state index contributed by atoms with van der Waals surface area (Å²) in [6, 6.07) is 16.4. The molecule has 0 saturated carbocycles. The molecule has 380 valence electrons. The van der Waals surface area contributed by atoms with Gasteiger partial charge in [-0.1, -0.05) is 30.3 Å². The second-order valence-corrected chi connectivity index (χ2v) is 23.2. The summed E-state index contributed by atoms with van der Waals surface area (Å²) in [5, 5.41) is 15.9. The first-order valence-corrected chi connectivity index (χ1v) is 27.3. The zero-order valence-electron chi connectivity index (χ0n) is 40.4. The third-order valence-electron chi connectivity index (χ3n) is 14.1. The number of aryl methyl sites for hydroxylation is 1. The molecule has 4 aliphatic heterocycles. The molecule has 17 nitrogen and oxygen atoms in total. The molecule has 3 fully saturated rings. The van der Waals surface area contributed by atoms with E-state index in [1.807, 2.05) is 61.8 Å². The molecule has 2 atom stereocenters. The maximum absolute atomic E-state index is 16.0. The Morgan fingerprint density at radius 2 is 1.63 bits per heavy atom. The van der Waals surface area contributed by atoms with Crippen LogP contribution in [0.25, 0.3) is 21.9 Å². The van der Waals surface area contributed by atoms with Gasteiger partial charge in [-0.2, -0.15) is 10.1 Å². The highest BCUT2D eigenvalue weighted by atomic mass is 79.9. The molecular formula is C51H52BrF3N11O6P. The molecular weight excluding hydrogens is 1030 g/mol. The Labute approximate surface area is 426 Å². The molecule has 6 heterocycles. The number of fused-ring (bicyclic) bond motifs is 2. The lowest BCUT2D eigenvalue weighted by Gasteiger charge is -2.41. The highest BCUT2D eigenvalue weighted by Crippen LogP contribution is 2.44. The SMILES string of the molecule is COc1cc(N2CCN(CCC3CCN(c4cc5c(cc4F)C(=O)N(C4CCC(=O)NC4=O)C5=O)CC3(F)F)CC2)c(-c2cnn(C)c2)cc1Nc1ncc(Br)c(Nc2ccc3ccccc3c2P(C)(C)=O)n1. The van der Waals surface area contributed by atoms with E-state index in [4.69, 9.17) is 9.72 Å². The largest absolute Gasteiger partial charge is 0.494 e. The summed E-state index contributed by atoms with van der Waals surface area (Å²) in [4.78, 5) is 66.5. The van der Waals surface area contributed by atoms with Crippen LogP contribution in [0.1, 0.15) is 46.4 Å². The number of ether oxygens (including phenoxy) is 1. The van der Waals surface area contributed by atoms with Gasteiger partial charge in [0.25, 0.3) is 17.7 Å². The van der Waals surface area contributed by atoms with E-state index < -0.39 is 61.0 Å². The number of hydrogen-bond donors (Lipinski definition) is 3. The number of anilines is 6. The third kappa shape index (κ3) is 9.77. The van der Waals surface area contributed by atoms with Gasteiger partial charge in [0.1, 0.15) is 30.6 Å². The van der Waals surface area contributed by atoms with Crippen LogP contribution in [0.15, 0.2) is 83.7 Å². The number of piperidine rings is 2. The van der Waals surface area contributed by atoms with E-state index in [1.165, 1.54) is 4.90 Å². The fourth-order valence-electron chi connectivity index (χ4n) is 10.4. The molecule has 73 heavy (non-hydrogen) atoms. The number of piperazine rings is 1. The van der Waals surface area contributed by atoms with Gasteiger partial charge in [-0.3, -0.25) is 39.0 Å². The van der Waals surface area contributed by atoms with E-state index in [1.54, 1.807) is 37.5 Å².